The number of amides is 1. The smallest absolute Gasteiger partial charge is 0.224 e. The van der Waals surface area contributed by atoms with E-state index < -0.39 is 0 Å². The standard InChI is InChI=1S/C19H22FN3O/c1-3-23(2)18-7-6-13(9-17(18)20)11-22-19(24)16-10-15(16)14-5-4-8-21-12-14/h4-9,12,15-16H,3,10-11H2,1-2H3,(H,22,24)/t15-,16-/m0/s1. The summed E-state index contributed by atoms with van der Waals surface area (Å²) in [4.78, 5) is 18.2. The molecule has 1 fully saturated rings. The van der Waals surface area contributed by atoms with Gasteiger partial charge in [-0.1, -0.05) is 12.1 Å². The molecule has 0 unspecified atom stereocenters. The van der Waals surface area contributed by atoms with Crippen LogP contribution in [-0.2, 0) is 11.3 Å². The number of aromatic nitrogens is 1. The number of pyridine rings is 1. The van der Waals surface area contributed by atoms with E-state index in [2.05, 4.69) is 10.3 Å². The lowest BCUT2D eigenvalue weighted by atomic mass is 10.1. The number of benzene rings is 1. The molecule has 1 saturated carbocycles. The van der Waals surface area contributed by atoms with Gasteiger partial charge in [0.15, 0.2) is 0 Å². The molecule has 0 bridgehead atoms. The number of halogens is 1. The predicted molar refractivity (Wildman–Crippen MR) is 92.3 cm³/mol. The molecule has 1 aliphatic carbocycles. The summed E-state index contributed by atoms with van der Waals surface area (Å²) < 4.78 is 14.1. The first-order chi connectivity index (χ1) is 11.6. The first kappa shape index (κ1) is 16.4. The molecule has 0 spiro atoms. The molecule has 2 atom stereocenters. The molecule has 3 rings (SSSR count). The van der Waals surface area contributed by atoms with Crippen molar-refractivity contribution in [3.63, 3.8) is 0 Å². The van der Waals surface area contributed by atoms with E-state index in [0.29, 0.717) is 12.2 Å². The Morgan fingerprint density at radius 3 is 2.92 bits per heavy atom. The summed E-state index contributed by atoms with van der Waals surface area (Å²) in [6, 6.07) is 9.00. The summed E-state index contributed by atoms with van der Waals surface area (Å²) in [6.07, 6.45) is 4.40. The summed E-state index contributed by atoms with van der Waals surface area (Å²) in [7, 11) is 1.85. The van der Waals surface area contributed by atoms with Crippen LogP contribution >= 0.6 is 0 Å². The van der Waals surface area contributed by atoms with Crippen LogP contribution in [0.25, 0.3) is 0 Å². The second-order valence-corrected chi connectivity index (χ2v) is 6.25. The van der Waals surface area contributed by atoms with Gasteiger partial charge in [0.2, 0.25) is 5.91 Å². The Kier molecular flexibility index (Phi) is 4.79. The fourth-order valence-corrected chi connectivity index (χ4v) is 2.91. The van der Waals surface area contributed by atoms with Gasteiger partial charge >= 0.3 is 0 Å². The van der Waals surface area contributed by atoms with Gasteiger partial charge in [0.1, 0.15) is 5.82 Å². The lowest BCUT2D eigenvalue weighted by Gasteiger charge is -2.18. The molecule has 24 heavy (non-hydrogen) atoms. The van der Waals surface area contributed by atoms with Gasteiger partial charge in [-0.2, -0.15) is 0 Å². The molecular weight excluding hydrogens is 305 g/mol. The normalized spacial score (nSPS) is 19.0. The van der Waals surface area contributed by atoms with E-state index in [-0.39, 0.29) is 23.6 Å². The first-order valence-corrected chi connectivity index (χ1v) is 8.27. The van der Waals surface area contributed by atoms with Gasteiger partial charge < -0.3 is 10.2 Å². The van der Waals surface area contributed by atoms with E-state index in [1.54, 1.807) is 12.3 Å². The monoisotopic (exact) mass is 327 g/mol. The molecule has 1 aromatic heterocycles. The topological polar surface area (TPSA) is 45.2 Å². The van der Waals surface area contributed by atoms with Crippen LogP contribution in [0, 0.1) is 11.7 Å². The van der Waals surface area contributed by atoms with E-state index >= 15 is 0 Å². The van der Waals surface area contributed by atoms with Crippen LogP contribution in [0.2, 0.25) is 0 Å². The number of nitrogens with zero attached hydrogens (tertiary/aromatic N) is 2. The van der Waals surface area contributed by atoms with E-state index in [4.69, 9.17) is 0 Å². The Morgan fingerprint density at radius 1 is 1.42 bits per heavy atom. The van der Waals surface area contributed by atoms with Crippen molar-refractivity contribution in [3.8, 4) is 0 Å². The minimum atomic E-state index is -0.259. The van der Waals surface area contributed by atoms with Crippen LogP contribution in [0.3, 0.4) is 0 Å². The van der Waals surface area contributed by atoms with Gasteiger partial charge in [-0.25, -0.2) is 4.39 Å². The molecule has 0 saturated heterocycles. The summed E-state index contributed by atoms with van der Waals surface area (Å²) >= 11 is 0. The molecule has 1 heterocycles. The van der Waals surface area contributed by atoms with E-state index in [1.165, 1.54) is 6.07 Å². The number of hydrogen-bond acceptors (Lipinski definition) is 3. The minimum absolute atomic E-state index is 0.00421. The lowest BCUT2D eigenvalue weighted by molar-refractivity contribution is -0.122. The summed E-state index contributed by atoms with van der Waals surface area (Å²) in [5.41, 5.74) is 2.45. The van der Waals surface area contributed by atoms with E-state index in [9.17, 15) is 9.18 Å². The maximum absolute atomic E-state index is 14.1. The molecular formula is C19H22FN3O. The highest BCUT2D eigenvalue weighted by Gasteiger charge is 2.43. The molecule has 1 amide bonds. The summed E-state index contributed by atoms with van der Waals surface area (Å²) in [6.45, 7) is 3.06. The second-order valence-electron chi connectivity index (χ2n) is 6.25. The zero-order valence-corrected chi connectivity index (χ0v) is 14.0. The van der Waals surface area contributed by atoms with Crippen molar-refractivity contribution in [1.82, 2.24) is 10.3 Å². The Labute approximate surface area is 141 Å². The molecule has 4 nitrogen and oxygen atoms in total. The molecule has 0 radical (unpaired) electrons. The van der Waals surface area contributed by atoms with Crippen molar-refractivity contribution in [2.75, 3.05) is 18.5 Å². The zero-order valence-electron chi connectivity index (χ0n) is 14.0. The van der Waals surface area contributed by atoms with Crippen LogP contribution < -0.4 is 10.2 Å². The molecule has 5 heteroatoms. The van der Waals surface area contributed by atoms with Crippen molar-refractivity contribution in [2.24, 2.45) is 5.92 Å². The molecule has 2 aromatic rings. The highest BCUT2D eigenvalue weighted by atomic mass is 19.1. The molecule has 1 aromatic carbocycles. The third-order valence-corrected chi connectivity index (χ3v) is 4.60. The highest BCUT2D eigenvalue weighted by molar-refractivity contribution is 5.82. The Hall–Kier alpha value is -2.43. The Balaban J connectivity index is 1.55. The van der Waals surface area contributed by atoms with Gasteiger partial charge in [-0.05, 0) is 48.6 Å². The van der Waals surface area contributed by atoms with Crippen LogP contribution in [-0.4, -0.2) is 24.5 Å². The second kappa shape index (κ2) is 6.99. The van der Waals surface area contributed by atoms with Crippen molar-refractivity contribution in [1.29, 1.82) is 0 Å². The Morgan fingerprint density at radius 2 is 2.25 bits per heavy atom. The number of hydrogen-bond donors (Lipinski definition) is 1. The summed E-state index contributed by atoms with van der Waals surface area (Å²) in [5.74, 6) is 0.0327. The van der Waals surface area contributed by atoms with Crippen LogP contribution in [0.1, 0.15) is 30.4 Å². The van der Waals surface area contributed by atoms with Crippen LogP contribution in [0.5, 0.6) is 0 Å². The lowest BCUT2D eigenvalue weighted by Crippen LogP contribution is -2.25. The largest absolute Gasteiger partial charge is 0.373 e. The average molecular weight is 327 g/mol. The fraction of sp³-hybridized carbons (Fsp3) is 0.368. The number of carbonyl (C=O) groups excluding carboxylic acids is 1. The molecule has 1 N–H and O–H groups in total. The molecule has 0 aliphatic heterocycles. The van der Waals surface area contributed by atoms with Crippen LogP contribution in [0.4, 0.5) is 10.1 Å². The van der Waals surface area contributed by atoms with Crippen molar-refractivity contribution >= 4 is 11.6 Å². The van der Waals surface area contributed by atoms with E-state index in [0.717, 1.165) is 24.1 Å². The predicted octanol–water partition coefficient (Wildman–Crippen LogP) is 3.10. The van der Waals surface area contributed by atoms with Crippen LogP contribution in [0.15, 0.2) is 42.7 Å². The molecule has 126 valence electrons. The third kappa shape index (κ3) is 3.55. The van der Waals surface area contributed by atoms with E-state index in [1.807, 2.05) is 43.3 Å². The third-order valence-electron chi connectivity index (χ3n) is 4.60. The minimum Gasteiger partial charge on any atom is -0.373 e. The maximum Gasteiger partial charge on any atom is 0.224 e. The number of rotatable bonds is 6. The van der Waals surface area contributed by atoms with Gasteiger partial charge in [0.05, 0.1) is 5.69 Å². The first-order valence-electron chi connectivity index (χ1n) is 8.27. The number of nitrogens with one attached hydrogen (secondary N) is 1. The number of carbonyl (C=O) groups is 1. The number of anilines is 1. The van der Waals surface area contributed by atoms with Crippen molar-refractivity contribution in [3.05, 3.63) is 59.7 Å². The summed E-state index contributed by atoms with van der Waals surface area (Å²) in [5, 5.41) is 2.91. The fourth-order valence-electron chi connectivity index (χ4n) is 2.91. The molecule has 1 aliphatic rings. The van der Waals surface area contributed by atoms with Gasteiger partial charge in [0, 0.05) is 38.4 Å². The Bertz CT molecular complexity index is 720. The average Bonchev–Trinajstić information content (AvgIpc) is 3.41. The van der Waals surface area contributed by atoms with Gasteiger partial charge in [-0.3, -0.25) is 9.78 Å². The quantitative estimate of drug-likeness (QED) is 0.887. The zero-order chi connectivity index (χ0) is 17.1. The van der Waals surface area contributed by atoms with Gasteiger partial charge in [-0.15, -0.1) is 0 Å². The SMILES string of the molecule is CCN(C)c1ccc(CNC(=O)[C@H]2C[C@H]2c2cccnc2)cc1F. The van der Waals surface area contributed by atoms with Crippen molar-refractivity contribution in [2.45, 2.75) is 25.8 Å². The highest BCUT2D eigenvalue weighted by Crippen LogP contribution is 2.47. The van der Waals surface area contributed by atoms with Gasteiger partial charge in [0.25, 0.3) is 0 Å². The maximum atomic E-state index is 14.1. The van der Waals surface area contributed by atoms with Crippen molar-refractivity contribution < 1.29 is 9.18 Å².